The van der Waals surface area contributed by atoms with Crippen LogP contribution in [0.3, 0.4) is 0 Å². The predicted molar refractivity (Wildman–Crippen MR) is 57.9 cm³/mol. The van der Waals surface area contributed by atoms with Gasteiger partial charge >= 0.3 is 0 Å². The Labute approximate surface area is 86.9 Å². The van der Waals surface area contributed by atoms with Gasteiger partial charge < -0.3 is 10.8 Å². The number of nitrogens with two attached hydrogens (primary N) is 1. The van der Waals surface area contributed by atoms with E-state index in [1.54, 1.807) is 0 Å². The Morgan fingerprint density at radius 2 is 2.15 bits per heavy atom. The van der Waals surface area contributed by atoms with Crippen molar-refractivity contribution in [1.82, 2.24) is 0 Å². The molecular formula is C10H14BrNO. The Bertz CT molecular complexity index is 287. The van der Waals surface area contributed by atoms with E-state index in [-0.39, 0.29) is 6.04 Å². The number of hydrogen-bond acceptors (Lipinski definition) is 2. The molecule has 1 rings (SSSR count). The Morgan fingerprint density at radius 1 is 1.54 bits per heavy atom. The molecule has 0 radical (unpaired) electrons. The fraction of sp³-hybridized carbons (Fsp3) is 0.400. The van der Waals surface area contributed by atoms with Crippen molar-refractivity contribution >= 4 is 15.9 Å². The van der Waals surface area contributed by atoms with Crippen LogP contribution in [0.4, 0.5) is 0 Å². The molecule has 0 aliphatic rings. The van der Waals surface area contributed by atoms with Crippen molar-refractivity contribution in [1.29, 1.82) is 0 Å². The van der Waals surface area contributed by atoms with E-state index in [0.29, 0.717) is 5.75 Å². The molecule has 13 heavy (non-hydrogen) atoms. The smallest absolute Gasteiger partial charge is 0.132 e. The highest BCUT2D eigenvalue weighted by Gasteiger charge is 2.05. The van der Waals surface area contributed by atoms with Crippen LogP contribution in [0.2, 0.25) is 0 Å². The largest absolute Gasteiger partial charge is 0.506 e. The number of hydrogen-bond donors (Lipinski definition) is 2. The first-order valence-corrected chi connectivity index (χ1v) is 5.03. The summed E-state index contributed by atoms with van der Waals surface area (Å²) in [6, 6.07) is 4.02. The van der Waals surface area contributed by atoms with Crippen LogP contribution in [0, 0.1) is 6.92 Å². The lowest BCUT2D eigenvalue weighted by Gasteiger charge is -2.08. The summed E-state index contributed by atoms with van der Waals surface area (Å²) in [7, 11) is 0. The number of aryl methyl sites for hydroxylation is 1. The summed E-state index contributed by atoms with van der Waals surface area (Å²) in [5.74, 6) is 0.313. The van der Waals surface area contributed by atoms with Gasteiger partial charge in [-0.2, -0.15) is 0 Å². The predicted octanol–water partition coefficient (Wildman–Crippen LogP) is 2.35. The molecule has 0 aliphatic heterocycles. The molecule has 1 unspecified atom stereocenters. The maximum absolute atomic E-state index is 9.49. The Morgan fingerprint density at radius 3 is 2.62 bits per heavy atom. The van der Waals surface area contributed by atoms with Gasteiger partial charge in [0.2, 0.25) is 0 Å². The van der Waals surface area contributed by atoms with E-state index >= 15 is 0 Å². The third kappa shape index (κ3) is 2.71. The fourth-order valence-electron chi connectivity index (χ4n) is 1.30. The molecule has 2 nitrogen and oxygen atoms in total. The number of aromatic hydroxyl groups is 1. The maximum atomic E-state index is 9.49. The fourth-order valence-corrected chi connectivity index (χ4v) is 1.90. The van der Waals surface area contributed by atoms with Gasteiger partial charge in [-0.1, -0.05) is 6.07 Å². The lowest BCUT2D eigenvalue weighted by atomic mass is 10.0. The van der Waals surface area contributed by atoms with Crippen LogP contribution in [-0.4, -0.2) is 11.1 Å². The van der Waals surface area contributed by atoms with Gasteiger partial charge in [0.1, 0.15) is 5.75 Å². The SMILES string of the molecule is Cc1cc(CC(C)N)cc(Br)c1O. The second-order valence-corrected chi connectivity index (χ2v) is 4.28. The maximum Gasteiger partial charge on any atom is 0.132 e. The number of benzene rings is 1. The van der Waals surface area contributed by atoms with Crippen LogP contribution in [0.15, 0.2) is 16.6 Å². The van der Waals surface area contributed by atoms with Gasteiger partial charge in [0.25, 0.3) is 0 Å². The summed E-state index contributed by atoms with van der Waals surface area (Å²) in [5.41, 5.74) is 7.71. The molecule has 1 aromatic rings. The number of rotatable bonds is 2. The minimum atomic E-state index is 0.149. The zero-order valence-electron chi connectivity index (χ0n) is 7.84. The van der Waals surface area contributed by atoms with Crippen LogP contribution in [0.5, 0.6) is 5.75 Å². The first-order valence-electron chi connectivity index (χ1n) is 4.24. The van der Waals surface area contributed by atoms with Crippen molar-refractivity contribution < 1.29 is 5.11 Å². The lowest BCUT2D eigenvalue weighted by molar-refractivity contribution is 0.467. The number of halogens is 1. The highest BCUT2D eigenvalue weighted by Crippen LogP contribution is 2.28. The van der Waals surface area contributed by atoms with Gasteiger partial charge in [0.15, 0.2) is 0 Å². The molecule has 0 amide bonds. The van der Waals surface area contributed by atoms with E-state index < -0.39 is 0 Å². The number of phenols is 1. The van der Waals surface area contributed by atoms with Crippen molar-refractivity contribution in [3.63, 3.8) is 0 Å². The third-order valence-corrected chi connectivity index (χ3v) is 2.48. The van der Waals surface area contributed by atoms with Crippen molar-refractivity contribution in [2.45, 2.75) is 26.3 Å². The molecule has 3 N–H and O–H groups in total. The van der Waals surface area contributed by atoms with Gasteiger partial charge in [-0.15, -0.1) is 0 Å². The van der Waals surface area contributed by atoms with Crippen LogP contribution >= 0.6 is 15.9 Å². The summed E-state index contributed by atoms with van der Waals surface area (Å²) < 4.78 is 0.739. The van der Waals surface area contributed by atoms with Crippen LogP contribution in [0.1, 0.15) is 18.1 Å². The molecule has 72 valence electrons. The topological polar surface area (TPSA) is 46.2 Å². The molecule has 0 aromatic heterocycles. The summed E-state index contributed by atoms with van der Waals surface area (Å²) in [4.78, 5) is 0. The minimum Gasteiger partial charge on any atom is -0.506 e. The quantitative estimate of drug-likeness (QED) is 0.838. The van der Waals surface area contributed by atoms with Gasteiger partial charge in [0, 0.05) is 6.04 Å². The molecule has 0 spiro atoms. The van der Waals surface area contributed by atoms with E-state index in [2.05, 4.69) is 15.9 Å². The van der Waals surface area contributed by atoms with E-state index in [0.717, 1.165) is 22.0 Å². The minimum absolute atomic E-state index is 0.149. The van der Waals surface area contributed by atoms with Gasteiger partial charge in [0.05, 0.1) is 4.47 Å². The Balaban J connectivity index is 2.99. The van der Waals surface area contributed by atoms with Crippen LogP contribution < -0.4 is 5.73 Å². The highest BCUT2D eigenvalue weighted by molar-refractivity contribution is 9.10. The van der Waals surface area contributed by atoms with E-state index in [1.165, 1.54) is 0 Å². The zero-order valence-corrected chi connectivity index (χ0v) is 9.43. The van der Waals surface area contributed by atoms with Gasteiger partial charge in [-0.05, 0) is 53.4 Å². The lowest BCUT2D eigenvalue weighted by Crippen LogP contribution is -2.17. The Hall–Kier alpha value is -0.540. The molecule has 0 fully saturated rings. The summed E-state index contributed by atoms with van der Waals surface area (Å²) in [6.07, 6.45) is 0.833. The normalized spacial score (nSPS) is 12.9. The Kier molecular flexibility index (Phi) is 3.33. The first-order chi connectivity index (χ1) is 6.00. The molecular weight excluding hydrogens is 230 g/mol. The summed E-state index contributed by atoms with van der Waals surface area (Å²) in [5, 5.41) is 9.49. The van der Waals surface area contributed by atoms with Crippen molar-refractivity contribution in [3.8, 4) is 5.75 Å². The van der Waals surface area contributed by atoms with E-state index in [1.807, 2.05) is 26.0 Å². The van der Waals surface area contributed by atoms with Crippen molar-refractivity contribution in [2.24, 2.45) is 5.73 Å². The second-order valence-electron chi connectivity index (χ2n) is 3.42. The summed E-state index contributed by atoms with van der Waals surface area (Å²) >= 11 is 3.30. The highest BCUT2D eigenvalue weighted by atomic mass is 79.9. The van der Waals surface area contributed by atoms with Crippen LogP contribution in [0.25, 0.3) is 0 Å². The molecule has 0 aliphatic carbocycles. The molecule has 3 heteroatoms. The summed E-state index contributed by atoms with van der Waals surface area (Å²) in [6.45, 7) is 3.85. The average Bonchev–Trinajstić information content (AvgIpc) is 1.98. The first kappa shape index (κ1) is 10.5. The zero-order chi connectivity index (χ0) is 10.0. The standard InChI is InChI=1S/C10H14BrNO/c1-6-3-8(4-7(2)12)5-9(11)10(6)13/h3,5,7,13H,4,12H2,1-2H3. The number of phenolic OH excluding ortho intramolecular Hbond substituents is 1. The van der Waals surface area contributed by atoms with Gasteiger partial charge in [-0.25, -0.2) is 0 Å². The molecule has 0 bridgehead atoms. The van der Waals surface area contributed by atoms with Gasteiger partial charge in [-0.3, -0.25) is 0 Å². The monoisotopic (exact) mass is 243 g/mol. The second kappa shape index (κ2) is 4.11. The van der Waals surface area contributed by atoms with Crippen molar-refractivity contribution in [2.75, 3.05) is 0 Å². The van der Waals surface area contributed by atoms with Crippen molar-refractivity contribution in [3.05, 3.63) is 27.7 Å². The molecule has 1 atom stereocenters. The average molecular weight is 244 g/mol. The third-order valence-electron chi connectivity index (χ3n) is 1.87. The van der Waals surface area contributed by atoms with E-state index in [9.17, 15) is 5.11 Å². The molecule has 1 aromatic carbocycles. The van der Waals surface area contributed by atoms with Crippen LogP contribution in [-0.2, 0) is 6.42 Å². The molecule has 0 saturated carbocycles. The molecule has 0 saturated heterocycles. The molecule has 0 heterocycles. The van der Waals surface area contributed by atoms with E-state index in [4.69, 9.17) is 5.73 Å².